The molecule has 174 valence electrons. The number of ether oxygens (including phenoxy) is 1. The van der Waals surface area contributed by atoms with Gasteiger partial charge in [0.2, 0.25) is 0 Å². The van der Waals surface area contributed by atoms with E-state index in [4.69, 9.17) is 9.72 Å². The topological polar surface area (TPSA) is 56.1 Å². The van der Waals surface area contributed by atoms with Gasteiger partial charge >= 0.3 is 0 Å². The van der Waals surface area contributed by atoms with Crippen LogP contribution in [0.5, 0.6) is 5.75 Å². The summed E-state index contributed by atoms with van der Waals surface area (Å²) in [5.74, 6) is 3.30. The van der Waals surface area contributed by atoms with Gasteiger partial charge in [0.25, 0.3) is 0 Å². The second-order valence-corrected chi connectivity index (χ2v) is 9.34. The predicted molar refractivity (Wildman–Crippen MR) is 130 cm³/mol. The van der Waals surface area contributed by atoms with Crippen molar-refractivity contribution in [1.29, 1.82) is 0 Å². The number of para-hydroxylation sites is 1. The molecule has 2 aliphatic rings. The Bertz CT molecular complexity index is 1310. The molecule has 1 aliphatic carbocycles. The summed E-state index contributed by atoms with van der Waals surface area (Å²) in [6, 6.07) is 14.2. The van der Waals surface area contributed by atoms with E-state index in [9.17, 15) is 0 Å². The van der Waals surface area contributed by atoms with Gasteiger partial charge in [-0.05, 0) is 67.9 Å². The van der Waals surface area contributed by atoms with E-state index < -0.39 is 5.67 Å². The molecule has 0 N–H and O–H groups in total. The second kappa shape index (κ2) is 8.38. The van der Waals surface area contributed by atoms with Crippen molar-refractivity contribution >= 4 is 16.7 Å². The average molecular weight is 458 g/mol. The number of halogens is 1. The molecule has 0 unspecified atom stereocenters. The first-order valence-corrected chi connectivity index (χ1v) is 12.0. The van der Waals surface area contributed by atoms with Crippen LogP contribution >= 0.6 is 0 Å². The number of aromatic nitrogens is 4. The standard InChI is InChI=1S/C27H28FN5O/c1-34-23-8-3-2-7-20(23)19-9-15-33(16-10-19)25-21-17-24(32-13-4-5-14-32)29-18-22(21)30-26(31-25)27(28)11-6-12-27/h2-5,7-8,13-14,17-19H,6,9-12,15-16H2,1H3. The van der Waals surface area contributed by atoms with Crippen molar-refractivity contribution in [3.05, 3.63) is 72.4 Å². The van der Waals surface area contributed by atoms with Gasteiger partial charge in [-0.2, -0.15) is 0 Å². The van der Waals surface area contributed by atoms with Crippen LogP contribution in [0, 0.1) is 0 Å². The lowest BCUT2D eigenvalue weighted by atomic mass is 9.81. The number of alkyl halides is 1. The Hall–Kier alpha value is -3.48. The highest BCUT2D eigenvalue weighted by Gasteiger charge is 2.42. The van der Waals surface area contributed by atoms with Crippen molar-refractivity contribution in [2.75, 3.05) is 25.1 Å². The number of fused-ring (bicyclic) bond motifs is 1. The fourth-order valence-electron chi connectivity index (χ4n) is 5.19. The number of hydrogen-bond acceptors (Lipinski definition) is 5. The van der Waals surface area contributed by atoms with Crippen LogP contribution in [0.15, 0.2) is 61.1 Å². The van der Waals surface area contributed by atoms with Crippen LogP contribution in [0.2, 0.25) is 0 Å². The zero-order valence-electron chi connectivity index (χ0n) is 19.3. The summed E-state index contributed by atoms with van der Waals surface area (Å²) >= 11 is 0. The minimum absolute atomic E-state index is 0.309. The first kappa shape index (κ1) is 21.1. The number of methoxy groups -OCH3 is 1. The van der Waals surface area contributed by atoms with E-state index in [0.717, 1.165) is 55.1 Å². The van der Waals surface area contributed by atoms with Crippen LogP contribution in [0.3, 0.4) is 0 Å². The lowest BCUT2D eigenvalue weighted by Crippen LogP contribution is -2.36. The summed E-state index contributed by atoms with van der Waals surface area (Å²) in [7, 11) is 1.73. The predicted octanol–water partition coefficient (Wildman–Crippen LogP) is 5.56. The van der Waals surface area contributed by atoms with Crippen molar-refractivity contribution in [1.82, 2.24) is 19.5 Å². The fraction of sp³-hybridized carbons (Fsp3) is 0.370. The molecule has 1 aromatic carbocycles. The van der Waals surface area contributed by atoms with E-state index >= 15 is 4.39 Å². The molecule has 4 heterocycles. The minimum atomic E-state index is -1.42. The Balaban J connectivity index is 1.37. The summed E-state index contributed by atoms with van der Waals surface area (Å²) in [6.07, 6.45) is 9.51. The number of rotatable bonds is 5. The zero-order valence-corrected chi connectivity index (χ0v) is 19.3. The van der Waals surface area contributed by atoms with Crippen LogP contribution in [0.25, 0.3) is 16.7 Å². The maximum Gasteiger partial charge on any atom is 0.170 e. The van der Waals surface area contributed by atoms with E-state index in [0.29, 0.717) is 30.1 Å². The molecular formula is C27H28FN5O. The summed E-state index contributed by atoms with van der Waals surface area (Å²) in [5, 5.41) is 0.918. The molecule has 2 fully saturated rings. The highest BCUT2D eigenvalue weighted by Crippen LogP contribution is 2.45. The van der Waals surface area contributed by atoms with Gasteiger partial charge in [0.1, 0.15) is 17.4 Å². The molecular weight excluding hydrogens is 429 g/mol. The van der Waals surface area contributed by atoms with Crippen LogP contribution < -0.4 is 9.64 Å². The van der Waals surface area contributed by atoms with Crippen LogP contribution in [-0.2, 0) is 5.67 Å². The zero-order chi connectivity index (χ0) is 23.1. The van der Waals surface area contributed by atoms with Crippen LogP contribution in [0.1, 0.15) is 49.4 Å². The molecule has 7 heteroatoms. The molecule has 4 aromatic rings. The van der Waals surface area contributed by atoms with E-state index in [1.54, 1.807) is 13.3 Å². The summed E-state index contributed by atoms with van der Waals surface area (Å²) in [6.45, 7) is 1.68. The molecule has 0 atom stereocenters. The smallest absolute Gasteiger partial charge is 0.170 e. The Morgan fingerprint density at radius 2 is 1.79 bits per heavy atom. The maximum atomic E-state index is 15.4. The van der Waals surface area contributed by atoms with Gasteiger partial charge in [0.15, 0.2) is 11.5 Å². The molecule has 6 nitrogen and oxygen atoms in total. The van der Waals surface area contributed by atoms with Crippen LogP contribution in [-0.4, -0.2) is 39.7 Å². The van der Waals surface area contributed by atoms with Crippen molar-refractivity contribution in [3.8, 4) is 11.6 Å². The third kappa shape index (κ3) is 3.59. The summed E-state index contributed by atoms with van der Waals surface area (Å²) < 4.78 is 23.0. The van der Waals surface area contributed by atoms with Crippen molar-refractivity contribution in [2.45, 2.75) is 43.7 Å². The molecule has 1 aliphatic heterocycles. The van der Waals surface area contributed by atoms with Crippen molar-refractivity contribution in [2.24, 2.45) is 0 Å². The first-order chi connectivity index (χ1) is 16.6. The maximum absolute atomic E-state index is 15.4. The fourth-order valence-corrected chi connectivity index (χ4v) is 5.19. The Morgan fingerprint density at radius 1 is 1.03 bits per heavy atom. The second-order valence-electron chi connectivity index (χ2n) is 9.34. The molecule has 0 bridgehead atoms. The molecule has 0 spiro atoms. The quantitative estimate of drug-likeness (QED) is 0.393. The van der Waals surface area contributed by atoms with E-state index in [2.05, 4.69) is 27.0 Å². The average Bonchev–Trinajstić information content (AvgIpc) is 3.41. The molecule has 3 aromatic heterocycles. The Kier molecular flexibility index (Phi) is 5.20. The van der Waals surface area contributed by atoms with Gasteiger partial charge in [0, 0.05) is 30.9 Å². The lowest BCUT2D eigenvalue weighted by molar-refractivity contribution is 0.0512. The number of anilines is 1. The number of pyridine rings is 1. The first-order valence-electron chi connectivity index (χ1n) is 12.0. The third-order valence-corrected chi connectivity index (χ3v) is 7.34. The highest BCUT2D eigenvalue weighted by atomic mass is 19.1. The number of nitrogens with zero attached hydrogens (tertiary/aromatic N) is 5. The Labute approximate surface area is 198 Å². The monoisotopic (exact) mass is 457 g/mol. The molecule has 1 saturated carbocycles. The van der Waals surface area contributed by atoms with E-state index in [-0.39, 0.29) is 0 Å². The summed E-state index contributed by atoms with van der Waals surface area (Å²) in [4.78, 5) is 16.4. The van der Waals surface area contributed by atoms with Gasteiger partial charge in [0.05, 0.1) is 18.8 Å². The van der Waals surface area contributed by atoms with Gasteiger partial charge < -0.3 is 14.2 Å². The van der Waals surface area contributed by atoms with Gasteiger partial charge in [-0.25, -0.2) is 19.3 Å². The molecule has 1 saturated heterocycles. The van der Waals surface area contributed by atoms with Crippen molar-refractivity contribution in [3.63, 3.8) is 0 Å². The number of piperidine rings is 1. The number of hydrogen-bond donors (Lipinski definition) is 0. The minimum Gasteiger partial charge on any atom is -0.496 e. The molecule has 0 radical (unpaired) electrons. The van der Waals surface area contributed by atoms with Gasteiger partial charge in [-0.15, -0.1) is 0 Å². The molecule has 34 heavy (non-hydrogen) atoms. The van der Waals surface area contributed by atoms with Crippen LogP contribution in [0.4, 0.5) is 10.2 Å². The normalized spacial score (nSPS) is 18.1. The number of benzene rings is 1. The third-order valence-electron chi connectivity index (χ3n) is 7.34. The van der Waals surface area contributed by atoms with Gasteiger partial charge in [-0.1, -0.05) is 18.2 Å². The molecule has 6 rings (SSSR count). The Morgan fingerprint density at radius 3 is 2.50 bits per heavy atom. The molecule has 0 amide bonds. The van der Waals surface area contributed by atoms with E-state index in [1.807, 2.05) is 47.3 Å². The van der Waals surface area contributed by atoms with E-state index in [1.165, 1.54) is 5.56 Å². The highest BCUT2D eigenvalue weighted by molar-refractivity contribution is 5.90. The SMILES string of the molecule is COc1ccccc1C1CCN(c2nc(C3(F)CCC3)nc3cnc(-n4cccc4)cc23)CC1. The summed E-state index contributed by atoms with van der Waals surface area (Å²) in [5.41, 5.74) is 0.540. The van der Waals surface area contributed by atoms with Gasteiger partial charge in [-0.3, -0.25) is 0 Å². The lowest BCUT2D eigenvalue weighted by Gasteiger charge is -2.36. The largest absolute Gasteiger partial charge is 0.496 e. The van der Waals surface area contributed by atoms with Crippen molar-refractivity contribution < 1.29 is 9.13 Å².